The van der Waals surface area contributed by atoms with Gasteiger partial charge in [0.1, 0.15) is 18.9 Å². The molecule has 1 aliphatic heterocycles. The van der Waals surface area contributed by atoms with Crippen molar-refractivity contribution in [1.29, 1.82) is 0 Å². The smallest absolute Gasteiger partial charge is 0.330 e. The molecule has 3 atom stereocenters. The van der Waals surface area contributed by atoms with Crippen LogP contribution in [0.1, 0.15) is 12.6 Å². The number of nitrogens with one attached hydrogen (secondary N) is 1. The Kier molecular flexibility index (Phi) is 4.85. The first kappa shape index (κ1) is 18.8. The second-order valence-corrected chi connectivity index (χ2v) is 5.73. The Morgan fingerprint density at radius 2 is 1.85 bits per heavy atom. The molecule has 4 N–H and O–H groups in total. The van der Waals surface area contributed by atoms with Gasteiger partial charge in [0.25, 0.3) is 5.56 Å². The van der Waals surface area contributed by atoms with Gasteiger partial charge in [-0.25, -0.2) is 4.79 Å². The van der Waals surface area contributed by atoms with E-state index in [1.165, 1.54) is 0 Å². The van der Waals surface area contributed by atoms with Crippen molar-refractivity contribution in [3.05, 3.63) is 50.6 Å². The molecule has 0 aliphatic carbocycles. The Hall–Kier alpha value is -2.99. The molecule has 0 spiro atoms. The SMILES string of the molecule is O=c1ccn([C@H]2CC(O)[C@@H](COc3c(F)c(O)c(O)c(F)c3F)O2)c(=O)[nH]1. The second kappa shape index (κ2) is 6.96. The lowest BCUT2D eigenvalue weighted by atomic mass is 10.2. The molecule has 0 amide bonds. The van der Waals surface area contributed by atoms with Crippen LogP contribution >= 0.6 is 0 Å². The van der Waals surface area contributed by atoms with E-state index in [1.54, 1.807) is 0 Å². The maximum atomic E-state index is 13.8. The third-order valence-electron chi connectivity index (χ3n) is 3.99. The Morgan fingerprint density at radius 3 is 2.52 bits per heavy atom. The predicted octanol–water partition coefficient (Wildman–Crippen LogP) is 0.0925. The Bertz CT molecular complexity index is 961. The highest BCUT2D eigenvalue weighted by molar-refractivity contribution is 5.47. The maximum absolute atomic E-state index is 13.8. The molecular formula is C15H13F3N2O7. The molecule has 1 saturated heterocycles. The second-order valence-electron chi connectivity index (χ2n) is 5.73. The summed E-state index contributed by atoms with van der Waals surface area (Å²) in [6, 6.07) is 1.06. The van der Waals surface area contributed by atoms with Crippen molar-refractivity contribution in [3.63, 3.8) is 0 Å². The lowest BCUT2D eigenvalue weighted by Crippen LogP contribution is -2.32. The Balaban J connectivity index is 1.76. The molecule has 12 heteroatoms. The first-order chi connectivity index (χ1) is 12.7. The zero-order valence-electron chi connectivity index (χ0n) is 13.4. The zero-order chi connectivity index (χ0) is 19.9. The molecule has 2 heterocycles. The number of aromatic amines is 1. The van der Waals surface area contributed by atoms with Gasteiger partial charge in [-0.2, -0.15) is 13.2 Å². The molecule has 1 aromatic carbocycles. The number of hydrogen-bond acceptors (Lipinski definition) is 7. The van der Waals surface area contributed by atoms with Gasteiger partial charge in [-0.15, -0.1) is 0 Å². The monoisotopic (exact) mass is 390 g/mol. The summed E-state index contributed by atoms with van der Waals surface area (Å²) in [5, 5.41) is 28.3. The molecule has 0 bridgehead atoms. The maximum Gasteiger partial charge on any atom is 0.330 e. The normalized spacial score (nSPS) is 22.1. The summed E-state index contributed by atoms with van der Waals surface area (Å²) < 4.78 is 52.0. The standard InChI is InChI=1S/C15H13F3N2O7/c16-9-10(17)14(11(18)13(24)12(9)23)26-4-6-5(21)3-8(27-6)20-2-1-7(22)19-15(20)25/h1-2,5-6,8,21,23-24H,3-4H2,(H,19,22,25)/t5?,6-,8-/m1/s1. The summed E-state index contributed by atoms with van der Waals surface area (Å²) in [4.78, 5) is 24.8. The number of H-pyrrole nitrogens is 1. The molecule has 0 radical (unpaired) electrons. The first-order valence-corrected chi connectivity index (χ1v) is 7.56. The van der Waals surface area contributed by atoms with E-state index in [2.05, 4.69) is 0 Å². The van der Waals surface area contributed by atoms with E-state index in [0.717, 1.165) is 16.8 Å². The van der Waals surface area contributed by atoms with E-state index in [0.29, 0.717) is 0 Å². The average Bonchev–Trinajstić information content (AvgIpc) is 2.98. The van der Waals surface area contributed by atoms with Gasteiger partial charge in [-0.1, -0.05) is 0 Å². The number of phenols is 2. The van der Waals surface area contributed by atoms with Crippen molar-refractivity contribution < 1.29 is 38.0 Å². The highest BCUT2D eigenvalue weighted by Crippen LogP contribution is 2.40. The Labute approximate surface area is 147 Å². The van der Waals surface area contributed by atoms with Crippen LogP contribution in [0, 0.1) is 17.5 Å². The summed E-state index contributed by atoms with van der Waals surface area (Å²) in [7, 11) is 0. The lowest BCUT2D eigenvalue weighted by Gasteiger charge is -2.17. The van der Waals surface area contributed by atoms with E-state index in [4.69, 9.17) is 14.6 Å². The highest BCUT2D eigenvalue weighted by Gasteiger charge is 2.37. The van der Waals surface area contributed by atoms with Crippen LogP contribution in [-0.4, -0.2) is 43.7 Å². The van der Waals surface area contributed by atoms with Crippen LogP contribution in [0.4, 0.5) is 13.2 Å². The number of phenolic OH excluding ortho intramolecular Hbond substituents is 2. The molecule has 1 aromatic heterocycles. The van der Waals surface area contributed by atoms with Crippen LogP contribution in [-0.2, 0) is 4.74 Å². The summed E-state index contributed by atoms with van der Waals surface area (Å²) in [5.41, 5.74) is -1.42. The van der Waals surface area contributed by atoms with Crippen LogP contribution in [0.5, 0.6) is 17.2 Å². The van der Waals surface area contributed by atoms with E-state index in [1.807, 2.05) is 4.98 Å². The molecule has 0 saturated carbocycles. The van der Waals surface area contributed by atoms with Crippen LogP contribution < -0.4 is 16.0 Å². The molecule has 9 nitrogen and oxygen atoms in total. The molecule has 1 fully saturated rings. The summed E-state index contributed by atoms with van der Waals surface area (Å²) in [6.45, 7) is -0.659. The van der Waals surface area contributed by atoms with Crippen molar-refractivity contribution in [2.24, 2.45) is 0 Å². The van der Waals surface area contributed by atoms with Gasteiger partial charge in [-0.05, 0) is 0 Å². The molecule has 27 heavy (non-hydrogen) atoms. The predicted molar refractivity (Wildman–Crippen MR) is 81.0 cm³/mol. The number of hydrogen-bond donors (Lipinski definition) is 4. The lowest BCUT2D eigenvalue weighted by molar-refractivity contribution is -0.0421. The number of aliphatic hydroxyl groups excluding tert-OH is 1. The van der Waals surface area contributed by atoms with Gasteiger partial charge >= 0.3 is 5.69 Å². The molecule has 1 unspecified atom stereocenters. The molecule has 3 rings (SSSR count). The van der Waals surface area contributed by atoms with E-state index < -0.39 is 71.0 Å². The number of aromatic nitrogens is 2. The Morgan fingerprint density at radius 1 is 1.19 bits per heavy atom. The van der Waals surface area contributed by atoms with Gasteiger partial charge in [0, 0.05) is 18.7 Å². The van der Waals surface area contributed by atoms with Crippen LogP contribution in [0.15, 0.2) is 21.9 Å². The highest BCUT2D eigenvalue weighted by atomic mass is 19.2. The fourth-order valence-electron chi connectivity index (χ4n) is 2.60. The third kappa shape index (κ3) is 3.36. The third-order valence-corrected chi connectivity index (χ3v) is 3.99. The van der Waals surface area contributed by atoms with E-state index >= 15 is 0 Å². The topological polar surface area (TPSA) is 134 Å². The van der Waals surface area contributed by atoms with Gasteiger partial charge < -0.3 is 24.8 Å². The minimum atomic E-state index is -1.91. The number of halogens is 3. The number of benzene rings is 1. The number of rotatable bonds is 4. The quantitative estimate of drug-likeness (QED) is 0.429. The zero-order valence-corrected chi connectivity index (χ0v) is 13.4. The fraction of sp³-hybridized carbons (Fsp3) is 0.333. The minimum absolute atomic E-state index is 0.0971. The van der Waals surface area contributed by atoms with Crippen molar-refractivity contribution in [1.82, 2.24) is 9.55 Å². The minimum Gasteiger partial charge on any atom is -0.502 e. The van der Waals surface area contributed by atoms with Crippen molar-refractivity contribution in [2.75, 3.05) is 6.61 Å². The fourth-order valence-corrected chi connectivity index (χ4v) is 2.60. The molecular weight excluding hydrogens is 377 g/mol. The van der Waals surface area contributed by atoms with Gasteiger partial charge in [-0.3, -0.25) is 14.3 Å². The van der Waals surface area contributed by atoms with Crippen molar-refractivity contribution in [2.45, 2.75) is 24.9 Å². The number of ether oxygens (including phenoxy) is 2. The van der Waals surface area contributed by atoms with Crippen LogP contribution in [0.2, 0.25) is 0 Å². The number of aliphatic hydroxyl groups is 1. The van der Waals surface area contributed by atoms with Crippen LogP contribution in [0.25, 0.3) is 0 Å². The average molecular weight is 390 g/mol. The summed E-state index contributed by atoms with van der Waals surface area (Å²) in [5.74, 6) is -9.95. The molecule has 1 aliphatic rings. The first-order valence-electron chi connectivity index (χ1n) is 7.56. The van der Waals surface area contributed by atoms with Gasteiger partial charge in [0.2, 0.25) is 29.0 Å². The van der Waals surface area contributed by atoms with Crippen molar-refractivity contribution in [3.8, 4) is 17.2 Å². The number of nitrogens with zero attached hydrogens (tertiary/aromatic N) is 1. The van der Waals surface area contributed by atoms with E-state index in [9.17, 15) is 33.0 Å². The molecule has 2 aromatic rings. The summed E-state index contributed by atoms with van der Waals surface area (Å²) >= 11 is 0. The van der Waals surface area contributed by atoms with Gasteiger partial charge in [0.15, 0.2) is 5.75 Å². The summed E-state index contributed by atoms with van der Waals surface area (Å²) in [6.07, 6.45) is -2.31. The van der Waals surface area contributed by atoms with E-state index in [-0.39, 0.29) is 6.42 Å². The van der Waals surface area contributed by atoms with Crippen molar-refractivity contribution >= 4 is 0 Å². The largest absolute Gasteiger partial charge is 0.502 e. The molecule has 146 valence electrons. The number of aromatic hydroxyl groups is 2. The van der Waals surface area contributed by atoms with Gasteiger partial charge in [0.05, 0.1) is 6.10 Å². The van der Waals surface area contributed by atoms with Crippen LogP contribution in [0.3, 0.4) is 0 Å².